The Morgan fingerprint density at radius 1 is 1.00 bits per heavy atom. The topological polar surface area (TPSA) is 12.0 Å². The SMILES string of the molecule is C[C@@H]1CCCCCNCC1. The molecule has 1 atom stereocenters. The summed E-state index contributed by atoms with van der Waals surface area (Å²) < 4.78 is 0. The lowest BCUT2D eigenvalue weighted by Crippen LogP contribution is -2.17. The highest BCUT2D eigenvalue weighted by molar-refractivity contribution is 4.60. The highest BCUT2D eigenvalue weighted by Gasteiger charge is 2.03. The predicted octanol–water partition coefficient (Wildman–Crippen LogP) is 2.18. The summed E-state index contributed by atoms with van der Waals surface area (Å²) in [5, 5.41) is 3.46. The van der Waals surface area contributed by atoms with Gasteiger partial charge in [0.15, 0.2) is 0 Å². The van der Waals surface area contributed by atoms with Crippen molar-refractivity contribution in [1.29, 1.82) is 0 Å². The summed E-state index contributed by atoms with van der Waals surface area (Å²) in [6, 6.07) is 0. The van der Waals surface area contributed by atoms with E-state index in [1.165, 1.54) is 45.2 Å². The first-order valence-corrected chi connectivity index (χ1v) is 4.60. The van der Waals surface area contributed by atoms with Gasteiger partial charge in [-0.05, 0) is 31.8 Å². The third-order valence-electron chi connectivity index (χ3n) is 2.36. The molecule has 0 aromatic carbocycles. The van der Waals surface area contributed by atoms with Crippen LogP contribution in [0.2, 0.25) is 0 Å². The van der Waals surface area contributed by atoms with E-state index in [1.807, 2.05) is 0 Å². The molecule has 1 aliphatic heterocycles. The maximum Gasteiger partial charge on any atom is -0.00464 e. The molecule has 1 saturated heterocycles. The lowest BCUT2D eigenvalue weighted by atomic mass is 10.0. The molecule has 0 bridgehead atoms. The Bertz CT molecular complexity index is 70.8. The van der Waals surface area contributed by atoms with Crippen LogP contribution in [0.1, 0.15) is 39.0 Å². The summed E-state index contributed by atoms with van der Waals surface area (Å²) in [5.41, 5.74) is 0. The van der Waals surface area contributed by atoms with E-state index in [2.05, 4.69) is 12.2 Å². The van der Waals surface area contributed by atoms with Gasteiger partial charge < -0.3 is 5.32 Å². The minimum Gasteiger partial charge on any atom is -0.317 e. The highest BCUT2D eigenvalue weighted by atomic mass is 14.8. The molecule has 0 aromatic rings. The molecule has 0 saturated carbocycles. The Labute approximate surface area is 64.2 Å². The van der Waals surface area contributed by atoms with Crippen LogP contribution in [-0.2, 0) is 0 Å². The maximum atomic E-state index is 3.46. The van der Waals surface area contributed by atoms with Crippen molar-refractivity contribution in [2.24, 2.45) is 5.92 Å². The van der Waals surface area contributed by atoms with Crippen LogP contribution in [0.15, 0.2) is 0 Å². The first kappa shape index (κ1) is 8.06. The van der Waals surface area contributed by atoms with Crippen LogP contribution >= 0.6 is 0 Å². The average molecular weight is 141 g/mol. The van der Waals surface area contributed by atoms with Crippen LogP contribution in [0.3, 0.4) is 0 Å². The van der Waals surface area contributed by atoms with Gasteiger partial charge in [-0.3, -0.25) is 0 Å². The van der Waals surface area contributed by atoms with Crippen molar-refractivity contribution in [3.8, 4) is 0 Å². The molecule has 0 unspecified atom stereocenters. The molecular weight excluding hydrogens is 122 g/mol. The van der Waals surface area contributed by atoms with Crippen molar-refractivity contribution in [1.82, 2.24) is 5.32 Å². The van der Waals surface area contributed by atoms with Crippen molar-refractivity contribution in [3.05, 3.63) is 0 Å². The standard InChI is InChI=1S/C9H19N/c1-9-5-3-2-4-7-10-8-6-9/h9-10H,2-8H2,1H3/t9-/m1/s1. The molecule has 1 heterocycles. The Hall–Kier alpha value is -0.0400. The lowest BCUT2D eigenvalue weighted by Gasteiger charge is -2.07. The lowest BCUT2D eigenvalue weighted by molar-refractivity contribution is 0.474. The maximum absolute atomic E-state index is 3.46. The molecule has 0 aliphatic carbocycles. The van der Waals surface area contributed by atoms with E-state index < -0.39 is 0 Å². The average Bonchev–Trinajstić information content (AvgIpc) is 2.02. The zero-order valence-electron chi connectivity index (χ0n) is 7.03. The second-order valence-electron chi connectivity index (χ2n) is 3.49. The Kier molecular flexibility index (Phi) is 3.81. The quantitative estimate of drug-likeness (QED) is 0.545. The zero-order valence-corrected chi connectivity index (χ0v) is 7.03. The van der Waals surface area contributed by atoms with Gasteiger partial charge in [0.05, 0.1) is 0 Å². The van der Waals surface area contributed by atoms with E-state index >= 15 is 0 Å². The summed E-state index contributed by atoms with van der Waals surface area (Å²) in [6.45, 7) is 4.85. The van der Waals surface area contributed by atoms with Gasteiger partial charge in [-0.15, -0.1) is 0 Å². The fourth-order valence-electron chi connectivity index (χ4n) is 1.54. The van der Waals surface area contributed by atoms with Gasteiger partial charge in [0.25, 0.3) is 0 Å². The normalized spacial score (nSPS) is 30.3. The third kappa shape index (κ3) is 3.21. The largest absolute Gasteiger partial charge is 0.317 e. The summed E-state index contributed by atoms with van der Waals surface area (Å²) >= 11 is 0. The van der Waals surface area contributed by atoms with Crippen molar-refractivity contribution in [2.45, 2.75) is 39.0 Å². The van der Waals surface area contributed by atoms with E-state index in [0.29, 0.717) is 0 Å². The molecule has 1 N–H and O–H groups in total. The first-order chi connectivity index (χ1) is 4.89. The van der Waals surface area contributed by atoms with Gasteiger partial charge in [-0.1, -0.05) is 26.2 Å². The second kappa shape index (κ2) is 4.73. The summed E-state index contributed by atoms with van der Waals surface area (Å²) in [6.07, 6.45) is 7.08. The molecule has 1 rings (SSSR count). The Balaban J connectivity index is 2.15. The first-order valence-electron chi connectivity index (χ1n) is 4.60. The molecule has 0 radical (unpaired) electrons. The van der Waals surface area contributed by atoms with Crippen molar-refractivity contribution >= 4 is 0 Å². The molecule has 1 aliphatic rings. The van der Waals surface area contributed by atoms with Gasteiger partial charge in [-0.25, -0.2) is 0 Å². The van der Waals surface area contributed by atoms with E-state index in [4.69, 9.17) is 0 Å². The smallest absolute Gasteiger partial charge is 0.00464 e. The molecule has 0 amide bonds. The van der Waals surface area contributed by atoms with Crippen LogP contribution in [0.25, 0.3) is 0 Å². The molecular formula is C9H19N. The molecule has 0 aromatic heterocycles. The summed E-state index contributed by atoms with van der Waals surface area (Å²) in [4.78, 5) is 0. The van der Waals surface area contributed by atoms with Crippen molar-refractivity contribution in [3.63, 3.8) is 0 Å². The molecule has 1 fully saturated rings. The molecule has 0 spiro atoms. The van der Waals surface area contributed by atoms with Gasteiger partial charge in [0.1, 0.15) is 0 Å². The van der Waals surface area contributed by atoms with Crippen molar-refractivity contribution < 1.29 is 0 Å². The van der Waals surface area contributed by atoms with Gasteiger partial charge in [0, 0.05) is 0 Å². The minimum absolute atomic E-state index is 0.950. The predicted molar refractivity (Wildman–Crippen MR) is 45.1 cm³/mol. The fourth-order valence-corrected chi connectivity index (χ4v) is 1.54. The highest BCUT2D eigenvalue weighted by Crippen LogP contribution is 2.13. The Morgan fingerprint density at radius 2 is 1.90 bits per heavy atom. The molecule has 10 heavy (non-hydrogen) atoms. The zero-order chi connectivity index (χ0) is 7.23. The number of hydrogen-bond acceptors (Lipinski definition) is 1. The number of hydrogen-bond donors (Lipinski definition) is 1. The molecule has 60 valence electrons. The van der Waals surface area contributed by atoms with Gasteiger partial charge in [0.2, 0.25) is 0 Å². The van der Waals surface area contributed by atoms with E-state index in [1.54, 1.807) is 0 Å². The van der Waals surface area contributed by atoms with E-state index in [-0.39, 0.29) is 0 Å². The van der Waals surface area contributed by atoms with Crippen LogP contribution in [0.4, 0.5) is 0 Å². The second-order valence-corrected chi connectivity index (χ2v) is 3.49. The third-order valence-corrected chi connectivity index (χ3v) is 2.36. The number of rotatable bonds is 0. The fraction of sp³-hybridized carbons (Fsp3) is 1.00. The van der Waals surface area contributed by atoms with Crippen LogP contribution < -0.4 is 5.32 Å². The van der Waals surface area contributed by atoms with Crippen LogP contribution in [0, 0.1) is 5.92 Å². The minimum atomic E-state index is 0.950. The number of nitrogens with one attached hydrogen (secondary N) is 1. The molecule has 1 heteroatoms. The van der Waals surface area contributed by atoms with E-state index in [9.17, 15) is 0 Å². The van der Waals surface area contributed by atoms with Crippen LogP contribution in [0.5, 0.6) is 0 Å². The summed E-state index contributed by atoms with van der Waals surface area (Å²) in [5.74, 6) is 0.950. The van der Waals surface area contributed by atoms with E-state index in [0.717, 1.165) is 5.92 Å². The monoisotopic (exact) mass is 141 g/mol. The molecule has 1 nitrogen and oxygen atoms in total. The summed E-state index contributed by atoms with van der Waals surface area (Å²) in [7, 11) is 0. The van der Waals surface area contributed by atoms with Crippen molar-refractivity contribution in [2.75, 3.05) is 13.1 Å². The van der Waals surface area contributed by atoms with Gasteiger partial charge in [-0.2, -0.15) is 0 Å². The van der Waals surface area contributed by atoms with Crippen LogP contribution in [-0.4, -0.2) is 13.1 Å². The Morgan fingerprint density at radius 3 is 2.80 bits per heavy atom. The van der Waals surface area contributed by atoms with Gasteiger partial charge >= 0.3 is 0 Å².